The van der Waals surface area contributed by atoms with Crippen molar-refractivity contribution in [3.05, 3.63) is 29.3 Å². The molecule has 5 heteroatoms. The molecule has 0 saturated carbocycles. The quantitative estimate of drug-likeness (QED) is 0.874. The van der Waals surface area contributed by atoms with Crippen molar-refractivity contribution in [3.63, 3.8) is 0 Å². The van der Waals surface area contributed by atoms with E-state index in [1.165, 1.54) is 0 Å². The summed E-state index contributed by atoms with van der Waals surface area (Å²) >= 11 is 0. The first-order valence-electron chi connectivity index (χ1n) is 8.04. The van der Waals surface area contributed by atoms with Crippen molar-refractivity contribution in [2.24, 2.45) is 11.7 Å². The molecule has 2 atom stereocenters. The predicted octanol–water partition coefficient (Wildman–Crippen LogP) is 1.77. The Balaban J connectivity index is 1.84. The standard InChI is InChI=1S/C17H23N3O2/c1-11-3-2-8-20(15(11)10-18)17(22)13-4-6-14-12(9-13)5-7-16(21)19-14/h4,6,9,11,15H,2-3,5,7-8,10,18H2,1H3,(H,19,21). The zero-order chi connectivity index (χ0) is 15.7. The summed E-state index contributed by atoms with van der Waals surface area (Å²) in [6.45, 7) is 3.45. The van der Waals surface area contributed by atoms with Crippen LogP contribution in [-0.2, 0) is 11.2 Å². The summed E-state index contributed by atoms with van der Waals surface area (Å²) in [5.74, 6) is 0.543. The van der Waals surface area contributed by atoms with Crippen molar-refractivity contribution in [3.8, 4) is 0 Å². The summed E-state index contributed by atoms with van der Waals surface area (Å²) in [4.78, 5) is 26.2. The minimum Gasteiger partial charge on any atom is -0.334 e. The molecule has 1 aromatic carbocycles. The van der Waals surface area contributed by atoms with Gasteiger partial charge in [0.1, 0.15) is 0 Å². The number of hydrogen-bond donors (Lipinski definition) is 2. The Morgan fingerprint density at radius 2 is 2.23 bits per heavy atom. The van der Waals surface area contributed by atoms with Crippen LogP contribution in [-0.4, -0.2) is 35.8 Å². The third-order valence-electron chi connectivity index (χ3n) is 4.87. The van der Waals surface area contributed by atoms with Crippen LogP contribution in [0.15, 0.2) is 18.2 Å². The van der Waals surface area contributed by atoms with Gasteiger partial charge in [-0.05, 0) is 48.9 Å². The van der Waals surface area contributed by atoms with Gasteiger partial charge in [-0.15, -0.1) is 0 Å². The largest absolute Gasteiger partial charge is 0.334 e. The SMILES string of the molecule is CC1CCCN(C(=O)c2ccc3c(c2)CCC(=O)N3)C1CN. The van der Waals surface area contributed by atoms with Crippen molar-refractivity contribution in [1.82, 2.24) is 4.90 Å². The molecule has 2 unspecified atom stereocenters. The number of carbonyl (C=O) groups is 2. The van der Waals surface area contributed by atoms with E-state index < -0.39 is 0 Å². The number of amides is 2. The molecular formula is C17H23N3O2. The third-order valence-corrected chi connectivity index (χ3v) is 4.87. The van der Waals surface area contributed by atoms with E-state index in [4.69, 9.17) is 5.73 Å². The van der Waals surface area contributed by atoms with Crippen molar-refractivity contribution in [2.45, 2.75) is 38.6 Å². The Hall–Kier alpha value is -1.88. The van der Waals surface area contributed by atoms with Gasteiger partial charge in [-0.3, -0.25) is 9.59 Å². The van der Waals surface area contributed by atoms with E-state index in [9.17, 15) is 9.59 Å². The summed E-state index contributed by atoms with van der Waals surface area (Å²) in [6, 6.07) is 5.69. The van der Waals surface area contributed by atoms with Gasteiger partial charge in [-0.25, -0.2) is 0 Å². The van der Waals surface area contributed by atoms with Crippen LogP contribution in [0, 0.1) is 5.92 Å². The number of nitrogens with two attached hydrogens (primary N) is 1. The number of carbonyl (C=O) groups excluding carboxylic acids is 2. The van der Waals surface area contributed by atoms with E-state index in [2.05, 4.69) is 12.2 Å². The van der Waals surface area contributed by atoms with Crippen LogP contribution < -0.4 is 11.1 Å². The molecule has 0 spiro atoms. The fourth-order valence-electron chi connectivity index (χ4n) is 3.54. The lowest BCUT2D eigenvalue weighted by Gasteiger charge is -2.39. The van der Waals surface area contributed by atoms with Crippen molar-refractivity contribution in [2.75, 3.05) is 18.4 Å². The lowest BCUT2D eigenvalue weighted by molar-refractivity contribution is -0.116. The molecule has 1 fully saturated rings. The van der Waals surface area contributed by atoms with Crippen LogP contribution in [0.3, 0.4) is 0 Å². The van der Waals surface area contributed by atoms with Crippen LogP contribution in [0.25, 0.3) is 0 Å². The molecule has 0 aromatic heterocycles. The Bertz CT molecular complexity index is 600. The number of hydrogen-bond acceptors (Lipinski definition) is 3. The van der Waals surface area contributed by atoms with E-state index in [-0.39, 0.29) is 17.9 Å². The van der Waals surface area contributed by atoms with Gasteiger partial charge in [0.25, 0.3) is 5.91 Å². The lowest BCUT2D eigenvalue weighted by atomic mass is 9.90. The van der Waals surface area contributed by atoms with E-state index in [0.29, 0.717) is 30.9 Å². The van der Waals surface area contributed by atoms with Gasteiger partial charge < -0.3 is 16.0 Å². The molecule has 3 rings (SSSR count). The number of fused-ring (bicyclic) bond motifs is 1. The highest BCUT2D eigenvalue weighted by Crippen LogP contribution is 2.27. The normalized spacial score (nSPS) is 24.6. The van der Waals surface area contributed by atoms with Crippen molar-refractivity contribution in [1.29, 1.82) is 0 Å². The average molecular weight is 301 g/mol. The predicted molar refractivity (Wildman–Crippen MR) is 85.7 cm³/mol. The summed E-state index contributed by atoms with van der Waals surface area (Å²) in [5.41, 5.74) is 8.45. The second kappa shape index (κ2) is 6.08. The molecule has 0 radical (unpaired) electrons. The maximum atomic E-state index is 12.8. The molecule has 118 valence electrons. The zero-order valence-electron chi connectivity index (χ0n) is 13.0. The molecule has 2 aliphatic heterocycles. The molecule has 0 aliphatic carbocycles. The van der Waals surface area contributed by atoms with Crippen LogP contribution in [0.1, 0.15) is 42.1 Å². The molecule has 3 N–H and O–H groups in total. The number of nitrogens with zero attached hydrogens (tertiary/aromatic N) is 1. The number of rotatable bonds is 2. The topological polar surface area (TPSA) is 75.4 Å². The summed E-state index contributed by atoms with van der Waals surface area (Å²) in [7, 11) is 0. The summed E-state index contributed by atoms with van der Waals surface area (Å²) in [5, 5.41) is 2.85. The highest BCUT2D eigenvalue weighted by atomic mass is 16.2. The Morgan fingerprint density at radius 1 is 1.41 bits per heavy atom. The number of benzene rings is 1. The minimum absolute atomic E-state index is 0.0413. The van der Waals surface area contributed by atoms with Gasteiger partial charge in [0.15, 0.2) is 0 Å². The fourth-order valence-corrected chi connectivity index (χ4v) is 3.54. The van der Waals surface area contributed by atoms with Crippen LogP contribution in [0.5, 0.6) is 0 Å². The highest BCUT2D eigenvalue weighted by molar-refractivity contribution is 5.98. The highest BCUT2D eigenvalue weighted by Gasteiger charge is 2.31. The van der Waals surface area contributed by atoms with Gasteiger partial charge in [0.05, 0.1) is 0 Å². The van der Waals surface area contributed by atoms with E-state index in [1.807, 2.05) is 17.0 Å². The summed E-state index contributed by atoms with van der Waals surface area (Å²) in [6.07, 6.45) is 3.34. The maximum Gasteiger partial charge on any atom is 0.254 e. The molecule has 0 bridgehead atoms. The van der Waals surface area contributed by atoms with Gasteiger partial charge >= 0.3 is 0 Å². The van der Waals surface area contributed by atoms with Gasteiger partial charge in [0, 0.05) is 36.8 Å². The van der Waals surface area contributed by atoms with Crippen molar-refractivity contribution >= 4 is 17.5 Å². The Kier molecular flexibility index (Phi) is 4.16. The maximum absolute atomic E-state index is 12.8. The molecule has 2 aliphatic rings. The first kappa shape index (κ1) is 15.0. The molecule has 5 nitrogen and oxygen atoms in total. The number of aryl methyl sites for hydroxylation is 1. The molecular weight excluding hydrogens is 278 g/mol. The first-order chi connectivity index (χ1) is 10.6. The van der Waals surface area contributed by atoms with Crippen molar-refractivity contribution < 1.29 is 9.59 Å². The Labute approximate surface area is 130 Å². The van der Waals surface area contributed by atoms with E-state index in [1.54, 1.807) is 6.07 Å². The second-order valence-electron chi connectivity index (χ2n) is 6.34. The smallest absolute Gasteiger partial charge is 0.254 e. The molecule has 22 heavy (non-hydrogen) atoms. The minimum atomic E-state index is 0.0413. The monoisotopic (exact) mass is 301 g/mol. The number of nitrogens with one attached hydrogen (secondary N) is 1. The zero-order valence-corrected chi connectivity index (χ0v) is 13.0. The Morgan fingerprint density at radius 3 is 3.00 bits per heavy atom. The second-order valence-corrected chi connectivity index (χ2v) is 6.34. The van der Waals surface area contributed by atoms with Crippen LogP contribution >= 0.6 is 0 Å². The molecule has 1 saturated heterocycles. The molecule has 2 heterocycles. The third kappa shape index (κ3) is 2.73. The average Bonchev–Trinajstić information content (AvgIpc) is 2.53. The van der Waals surface area contributed by atoms with Crippen LogP contribution in [0.4, 0.5) is 5.69 Å². The van der Waals surface area contributed by atoms with Crippen LogP contribution in [0.2, 0.25) is 0 Å². The van der Waals surface area contributed by atoms with Gasteiger partial charge in [-0.1, -0.05) is 6.92 Å². The van der Waals surface area contributed by atoms with E-state index >= 15 is 0 Å². The number of piperidine rings is 1. The van der Waals surface area contributed by atoms with E-state index in [0.717, 1.165) is 30.6 Å². The number of anilines is 1. The molecule has 1 aromatic rings. The lowest BCUT2D eigenvalue weighted by Crippen LogP contribution is -2.51. The van der Waals surface area contributed by atoms with Gasteiger partial charge in [-0.2, -0.15) is 0 Å². The fraction of sp³-hybridized carbons (Fsp3) is 0.529. The number of likely N-dealkylation sites (tertiary alicyclic amines) is 1. The van der Waals surface area contributed by atoms with Gasteiger partial charge in [0.2, 0.25) is 5.91 Å². The first-order valence-corrected chi connectivity index (χ1v) is 8.04. The molecule has 2 amide bonds. The summed E-state index contributed by atoms with van der Waals surface area (Å²) < 4.78 is 0.